The van der Waals surface area contributed by atoms with Crippen LogP contribution in [0.25, 0.3) is 0 Å². The Bertz CT molecular complexity index is 476. The van der Waals surface area contributed by atoms with Gasteiger partial charge in [0.25, 0.3) is 0 Å². The topological polar surface area (TPSA) is 18.5 Å². The van der Waals surface area contributed by atoms with Crippen LogP contribution in [0.5, 0.6) is 5.75 Å². The summed E-state index contributed by atoms with van der Waals surface area (Å²) in [5, 5.41) is 0. The number of hydrogen-bond donors (Lipinski definition) is 0. The molecular formula is C17H22O2. The van der Waals surface area contributed by atoms with Gasteiger partial charge < -0.3 is 9.47 Å². The van der Waals surface area contributed by atoms with E-state index in [9.17, 15) is 0 Å². The molecular weight excluding hydrogens is 236 g/mol. The Labute approximate surface area is 116 Å². The third-order valence-electron chi connectivity index (χ3n) is 2.67. The lowest BCUT2D eigenvalue weighted by Crippen LogP contribution is -2.02. The summed E-state index contributed by atoms with van der Waals surface area (Å²) in [7, 11) is 1.65. The monoisotopic (exact) mass is 258 g/mol. The molecule has 0 aliphatic rings. The van der Waals surface area contributed by atoms with Crippen molar-refractivity contribution in [3.05, 3.63) is 66.0 Å². The summed E-state index contributed by atoms with van der Waals surface area (Å²) < 4.78 is 11.0. The number of rotatable bonds is 6. The number of hydrogen-bond acceptors (Lipinski definition) is 2. The van der Waals surface area contributed by atoms with Crippen molar-refractivity contribution in [2.75, 3.05) is 7.11 Å². The summed E-state index contributed by atoms with van der Waals surface area (Å²) in [6, 6.07) is 7.84. The van der Waals surface area contributed by atoms with E-state index in [0.29, 0.717) is 5.76 Å². The lowest BCUT2D eigenvalue weighted by molar-refractivity contribution is 0.164. The van der Waals surface area contributed by atoms with Crippen LogP contribution in [-0.2, 0) is 4.74 Å². The van der Waals surface area contributed by atoms with Crippen molar-refractivity contribution in [3.8, 4) is 5.75 Å². The van der Waals surface area contributed by atoms with Gasteiger partial charge in [-0.1, -0.05) is 30.9 Å². The zero-order valence-electron chi connectivity index (χ0n) is 12.2. The van der Waals surface area contributed by atoms with Crippen molar-refractivity contribution in [1.29, 1.82) is 0 Å². The summed E-state index contributed by atoms with van der Waals surface area (Å²) in [5.74, 6) is 1.44. The van der Waals surface area contributed by atoms with Crippen LogP contribution < -0.4 is 4.74 Å². The van der Waals surface area contributed by atoms with Gasteiger partial charge >= 0.3 is 0 Å². The van der Waals surface area contributed by atoms with Crippen LogP contribution in [0.3, 0.4) is 0 Å². The molecule has 2 nitrogen and oxygen atoms in total. The van der Waals surface area contributed by atoms with E-state index < -0.39 is 0 Å². The van der Waals surface area contributed by atoms with Gasteiger partial charge in [-0.25, -0.2) is 0 Å². The maximum Gasteiger partial charge on any atom is 0.142 e. The molecule has 2 heteroatoms. The molecule has 1 unspecified atom stereocenters. The van der Waals surface area contributed by atoms with Gasteiger partial charge in [0.1, 0.15) is 17.6 Å². The highest BCUT2D eigenvalue weighted by Gasteiger charge is 2.11. The number of benzene rings is 1. The number of ether oxygens (including phenoxy) is 2. The van der Waals surface area contributed by atoms with Gasteiger partial charge in [0, 0.05) is 0 Å². The van der Waals surface area contributed by atoms with E-state index in [1.54, 1.807) is 7.11 Å². The Morgan fingerprint density at radius 1 is 1.11 bits per heavy atom. The molecule has 0 saturated carbocycles. The van der Waals surface area contributed by atoms with E-state index >= 15 is 0 Å². The third-order valence-corrected chi connectivity index (χ3v) is 2.67. The average Bonchev–Trinajstić information content (AvgIpc) is 2.37. The highest BCUT2D eigenvalue weighted by Crippen LogP contribution is 2.26. The van der Waals surface area contributed by atoms with Crippen LogP contribution in [0.1, 0.15) is 32.4 Å². The van der Waals surface area contributed by atoms with Crippen molar-refractivity contribution >= 4 is 0 Å². The van der Waals surface area contributed by atoms with Crippen molar-refractivity contribution in [3.63, 3.8) is 0 Å². The van der Waals surface area contributed by atoms with Crippen LogP contribution in [-0.4, -0.2) is 7.11 Å². The zero-order valence-corrected chi connectivity index (χ0v) is 12.2. The van der Waals surface area contributed by atoms with Gasteiger partial charge in [-0.15, -0.1) is 0 Å². The quantitative estimate of drug-likeness (QED) is 0.414. The van der Waals surface area contributed by atoms with Gasteiger partial charge in [-0.05, 0) is 50.1 Å². The third kappa shape index (κ3) is 4.66. The fourth-order valence-corrected chi connectivity index (χ4v) is 1.55. The van der Waals surface area contributed by atoms with Crippen molar-refractivity contribution in [2.24, 2.45) is 0 Å². The molecule has 0 fully saturated rings. The van der Waals surface area contributed by atoms with Crippen molar-refractivity contribution < 1.29 is 9.47 Å². The molecule has 0 radical (unpaired) electrons. The summed E-state index contributed by atoms with van der Waals surface area (Å²) >= 11 is 0. The van der Waals surface area contributed by atoms with E-state index in [4.69, 9.17) is 9.47 Å². The maximum atomic E-state index is 5.87. The molecule has 19 heavy (non-hydrogen) atoms. The van der Waals surface area contributed by atoms with Gasteiger partial charge in [0.2, 0.25) is 0 Å². The minimum Gasteiger partial charge on any atom is -0.497 e. The van der Waals surface area contributed by atoms with E-state index in [1.807, 2.05) is 45.0 Å². The fraction of sp³-hybridized carbons (Fsp3) is 0.294. The largest absolute Gasteiger partial charge is 0.497 e. The van der Waals surface area contributed by atoms with Crippen LogP contribution in [0.4, 0.5) is 0 Å². The predicted molar refractivity (Wildman–Crippen MR) is 80.2 cm³/mol. The molecule has 1 atom stereocenters. The predicted octanol–water partition coefficient (Wildman–Crippen LogP) is 4.81. The second kappa shape index (κ2) is 6.83. The van der Waals surface area contributed by atoms with Crippen LogP contribution >= 0.6 is 0 Å². The molecule has 0 amide bonds. The van der Waals surface area contributed by atoms with Crippen LogP contribution in [0.2, 0.25) is 0 Å². The fourth-order valence-electron chi connectivity index (χ4n) is 1.55. The first-order valence-electron chi connectivity index (χ1n) is 6.24. The molecule has 102 valence electrons. The molecule has 0 bridgehead atoms. The summed E-state index contributed by atoms with van der Waals surface area (Å²) in [5.41, 5.74) is 3.08. The molecule has 0 N–H and O–H groups in total. The van der Waals surface area contributed by atoms with E-state index in [0.717, 1.165) is 16.9 Å². The maximum absolute atomic E-state index is 5.87. The Kier molecular flexibility index (Phi) is 5.43. The second-order valence-corrected chi connectivity index (χ2v) is 4.76. The van der Waals surface area contributed by atoms with Gasteiger partial charge in [-0.3, -0.25) is 0 Å². The summed E-state index contributed by atoms with van der Waals surface area (Å²) in [6.45, 7) is 13.7. The van der Waals surface area contributed by atoms with Crippen LogP contribution in [0.15, 0.2) is 60.4 Å². The second-order valence-electron chi connectivity index (χ2n) is 4.76. The molecule has 0 saturated heterocycles. The summed E-state index contributed by atoms with van der Waals surface area (Å²) in [6.07, 6.45) is 1.91. The van der Waals surface area contributed by atoms with Gasteiger partial charge in [-0.2, -0.15) is 0 Å². The molecule has 1 rings (SSSR count). The SMILES string of the molecule is C=C(C)C(=C)OC(C=C(C)C)c1ccc(OC)cc1. The Balaban J connectivity index is 2.98. The zero-order chi connectivity index (χ0) is 14.4. The lowest BCUT2D eigenvalue weighted by Gasteiger charge is -2.19. The first-order valence-corrected chi connectivity index (χ1v) is 6.24. The highest BCUT2D eigenvalue weighted by molar-refractivity contribution is 5.31. The molecule has 0 aliphatic heterocycles. The first kappa shape index (κ1) is 15.1. The molecule has 1 aromatic rings. The minimum atomic E-state index is -0.153. The Morgan fingerprint density at radius 3 is 2.11 bits per heavy atom. The summed E-state index contributed by atoms with van der Waals surface area (Å²) in [4.78, 5) is 0. The van der Waals surface area contributed by atoms with E-state index in [-0.39, 0.29) is 6.10 Å². The van der Waals surface area contributed by atoms with Gasteiger partial charge in [0.05, 0.1) is 7.11 Å². The normalized spacial score (nSPS) is 11.4. The number of methoxy groups -OCH3 is 1. The molecule has 0 heterocycles. The van der Waals surface area contributed by atoms with Gasteiger partial charge in [0.15, 0.2) is 0 Å². The van der Waals surface area contributed by atoms with Crippen molar-refractivity contribution in [1.82, 2.24) is 0 Å². The molecule has 0 spiro atoms. The number of allylic oxidation sites excluding steroid dienone is 2. The van der Waals surface area contributed by atoms with Crippen molar-refractivity contribution in [2.45, 2.75) is 26.9 Å². The average molecular weight is 258 g/mol. The molecule has 1 aromatic carbocycles. The standard InChI is InChI=1S/C17H22O2/c1-12(2)11-17(19-14(5)13(3)4)15-7-9-16(18-6)10-8-15/h7-11,17H,3,5H2,1-2,4,6H3. The molecule has 0 aliphatic carbocycles. The minimum absolute atomic E-state index is 0.153. The van der Waals surface area contributed by atoms with E-state index in [1.165, 1.54) is 5.57 Å². The Morgan fingerprint density at radius 2 is 1.68 bits per heavy atom. The highest BCUT2D eigenvalue weighted by atomic mass is 16.5. The van der Waals surface area contributed by atoms with Crippen LogP contribution in [0, 0.1) is 0 Å². The first-order chi connectivity index (χ1) is 8.93. The molecule has 0 aromatic heterocycles. The van der Waals surface area contributed by atoms with E-state index in [2.05, 4.69) is 19.2 Å². The Hall–Kier alpha value is -1.96. The lowest BCUT2D eigenvalue weighted by atomic mass is 10.1. The smallest absolute Gasteiger partial charge is 0.142 e.